The molecule has 0 aliphatic carbocycles. The average Bonchev–Trinajstić information content (AvgIpc) is 3.46. The van der Waals surface area contributed by atoms with E-state index in [1.54, 1.807) is 17.5 Å². The van der Waals surface area contributed by atoms with Gasteiger partial charge in [-0.3, -0.25) is 25.3 Å². The molecule has 0 aliphatic rings. The van der Waals surface area contributed by atoms with Crippen LogP contribution in [0.1, 0.15) is 47.6 Å². The van der Waals surface area contributed by atoms with Crippen LogP contribution in [0.5, 0.6) is 5.75 Å². The highest BCUT2D eigenvalue weighted by molar-refractivity contribution is 7.13. The lowest BCUT2D eigenvalue weighted by atomic mass is 10.2. The Bertz CT molecular complexity index is 1010. The summed E-state index contributed by atoms with van der Waals surface area (Å²) in [6.07, 6.45) is 0. The van der Waals surface area contributed by atoms with E-state index >= 15 is 0 Å². The predicted molar refractivity (Wildman–Crippen MR) is 119 cm³/mol. The van der Waals surface area contributed by atoms with Crippen LogP contribution < -0.4 is 15.6 Å². The summed E-state index contributed by atoms with van der Waals surface area (Å²) in [6.45, 7) is 9.06. The maximum absolute atomic E-state index is 12.4. The third kappa shape index (κ3) is 5.93. The van der Waals surface area contributed by atoms with Crippen molar-refractivity contribution in [3.63, 3.8) is 0 Å². The quantitative estimate of drug-likeness (QED) is 0.490. The predicted octanol–water partition coefficient (Wildman–Crippen LogP) is 3.72. The monoisotopic (exact) mass is 442 g/mol. The van der Waals surface area contributed by atoms with E-state index in [2.05, 4.69) is 34.6 Å². The van der Waals surface area contributed by atoms with Crippen LogP contribution in [0, 0.1) is 0 Å². The molecule has 2 aromatic heterocycles. The number of hydrogen-bond donors (Lipinski definition) is 2. The number of amides is 2. The van der Waals surface area contributed by atoms with Crippen molar-refractivity contribution in [2.45, 2.75) is 27.3 Å². The molecule has 2 heterocycles. The number of nitrogens with zero attached hydrogens (tertiary/aromatic N) is 2. The molecule has 9 heteroatoms. The number of hydrogen-bond acceptors (Lipinski definition) is 7. The molecular formula is C22H26N4O4S. The minimum Gasteiger partial charge on any atom is -0.494 e. The van der Waals surface area contributed by atoms with Gasteiger partial charge in [0.1, 0.15) is 22.2 Å². The zero-order chi connectivity index (χ0) is 22.2. The summed E-state index contributed by atoms with van der Waals surface area (Å²) in [7, 11) is 0. The number of hydrazine groups is 1. The number of furan rings is 1. The third-order valence-corrected chi connectivity index (χ3v) is 5.49. The molecule has 3 rings (SSSR count). The normalized spacial score (nSPS) is 10.8. The molecule has 3 aromatic rings. The van der Waals surface area contributed by atoms with E-state index < -0.39 is 11.8 Å². The molecule has 164 valence electrons. The molecule has 8 nitrogen and oxygen atoms in total. The molecule has 0 saturated carbocycles. The van der Waals surface area contributed by atoms with Gasteiger partial charge in [-0.1, -0.05) is 13.8 Å². The Balaban J connectivity index is 1.55. The molecule has 0 saturated heterocycles. The summed E-state index contributed by atoms with van der Waals surface area (Å²) in [5, 5.41) is 2.34. The molecule has 0 radical (unpaired) electrons. The van der Waals surface area contributed by atoms with Gasteiger partial charge in [0.05, 0.1) is 13.2 Å². The first-order valence-electron chi connectivity index (χ1n) is 10.1. The van der Waals surface area contributed by atoms with E-state index in [-0.39, 0.29) is 11.5 Å². The Morgan fingerprint density at radius 1 is 1.03 bits per heavy atom. The second-order valence-electron chi connectivity index (χ2n) is 6.63. The lowest BCUT2D eigenvalue weighted by Gasteiger charge is -2.15. The van der Waals surface area contributed by atoms with Gasteiger partial charge in [0.15, 0.2) is 5.76 Å². The standard InChI is InChI=1S/C22H26N4O4S/c1-4-26(5-2)13-17-11-12-19(30-17)21(28)25-24-20(27)18-14-31-22(23-18)15-7-9-16(10-8-15)29-6-3/h7-12,14H,4-6,13H2,1-3H3,(H,24,27)(H,25,28). The number of rotatable bonds is 9. The Hall–Kier alpha value is -3.17. The number of nitrogens with one attached hydrogen (secondary N) is 2. The first-order chi connectivity index (χ1) is 15.0. The van der Waals surface area contributed by atoms with Crippen LogP contribution in [0.2, 0.25) is 0 Å². The number of ether oxygens (including phenoxy) is 1. The van der Waals surface area contributed by atoms with E-state index in [0.717, 1.165) is 24.4 Å². The Labute approximate surface area is 185 Å². The molecule has 31 heavy (non-hydrogen) atoms. The summed E-state index contributed by atoms with van der Waals surface area (Å²) in [4.78, 5) is 31.1. The summed E-state index contributed by atoms with van der Waals surface area (Å²) in [5.74, 6) is 0.579. The van der Waals surface area contributed by atoms with Crippen LogP contribution in [-0.2, 0) is 6.54 Å². The lowest BCUT2D eigenvalue weighted by Crippen LogP contribution is -2.41. The maximum Gasteiger partial charge on any atom is 0.305 e. The molecule has 2 N–H and O–H groups in total. The van der Waals surface area contributed by atoms with E-state index in [1.807, 2.05) is 31.2 Å². The van der Waals surface area contributed by atoms with E-state index in [9.17, 15) is 9.59 Å². The lowest BCUT2D eigenvalue weighted by molar-refractivity contribution is 0.0827. The van der Waals surface area contributed by atoms with Gasteiger partial charge in [-0.2, -0.15) is 0 Å². The fourth-order valence-electron chi connectivity index (χ4n) is 2.86. The number of carbonyl (C=O) groups excluding carboxylic acids is 2. The van der Waals surface area contributed by atoms with Gasteiger partial charge in [0.25, 0.3) is 5.91 Å². The molecule has 0 aliphatic heterocycles. The summed E-state index contributed by atoms with van der Waals surface area (Å²) < 4.78 is 11.0. The SMILES string of the molecule is CCOc1ccc(-c2nc(C(=O)NNC(=O)c3ccc(CN(CC)CC)o3)cs2)cc1. The van der Waals surface area contributed by atoms with Crippen LogP contribution in [0.25, 0.3) is 10.6 Å². The number of carbonyl (C=O) groups is 2. The third-order valence-electron chi connectivity index (χ3n) is 4.60. The van der Waals surface area contributed by atoms with Crippen LogP contribution in [-0.4, -0.2) is 41.4 Å². The molecule has 0 unspecified atom stereocenters. The summed E-state index contributed by atoms with van der Waals surface area (Å²) in [5.41, 5.74) is 5.84. The van der Waals surface area contributed by atoms with Crippen molar-refractivity contribution < 1.29 is 18.7 Å². The zero-order valence-corrected chi connectivity index (χ0v) is 18.6. The fraction of sp³-hybridized carbons (Fsp3) is 0.318. The van der Waals surface area contributed by atoms with Gasteiger partial charge < -0.3 is 9.15 Å². The van der Waals surface area contributed by atoms with Crippen molar-refractivity contribution in [1.29, 1.82) is 0 Å². The highest BCUT2D eigenvalue weighted by Gasteiger charge is 2.16. The summed E-state index contributed by atoms with van der Waals surface area (Å²) in [6, 6.07) is 10.8. The second kappa shape index (κ2) is 10.7. The van der Waals surface area contributed by atoms with Crippen LogP contribution in [0.15, 0.2) is 46.2 Å². The number of benzene rings is 1. The number of thiazole rings is 1. The van der Waals surface area contributed by atoms with Gasteiger partial charge in [-0.25, -0.2) is 4.98 Å². The molecule has 1 aromatic carbocycles. The highest BCUT2D eigenvalue weighted by Crippen LogP contribution is 2.25. The Kier molecular flexibility index (Phi) is 7.80. The topological polar surface area (TPSA) is 96.7 Å². The van der Waals surface area contributed by atoms with Crippen LogP contribution >= 0.6 is 11.3 Å². The Morgan fingerprint density at radius 2 is 1.74 bits per heavy atom. The first-order valence-corrected chi connectivity index (χ1v) is 11.0. The van der Waals surface area contributed by atoms with Crippen LogP contribution in [0.4, 0.5) is 0 Å². The molecule has 0 bridgehead atoms. The van der Waals surface area contributed by atoms with E-state index in [0.29, 0.717) is 23.9 Å². The smallest absolute Gasteiger partial charge is 0.305 e. The largest absolute Gasteiger partial charge is 0.494 e. The van der Waals surface area contributed by atoms with Crippen LogP contribution in [0.3, 0.4) is 0 Å². The van der Waals surface area contributed by atoms with Crippen molar-refractivity contribution in [2.24, 2.45) is 0 Å². The minimum atomic E-state index is -0.527. The van der Waals surface area contributed by atoms with Crippen molar-refractivity contribution in [3.8, 4) is 16.3 Å². The Morgan fingerprint density at radius 3 is 2.42 bits per heavy atom. The van der Waals surface area contributed by atoms with Gasteiger partial charge in [-0.15, -0.1) is 11.3 Å². The highest BCUT2D eigenvalue weighted by atomic mass is 32.1. The van der Waals surface area contributed by atoms with Gasteiger partial charge >= 0.3 is 5.91 Å². The van der Waals surface area contributed by atoms with Gasteiger partial charge in [0, 0.05) is 10.9 Å². The second-order valence-corrected chi connectivity index (χ2v) is 7.49. The first kappa shape index (κ1) is 22.5. The van der Waals surface area contributed by atoms with Crippen molar-refractivity contribution in [3.05, 3.63) is 59.0 Å². The van der Waals surface area contributed by atoms with Crippen molar-refractivity contribution in [1.82, 2.24) is 20.7 Å². The maximum atomic E-state index is 12.4. The van der Waals surface area contributed by atoms with Crippen molar-refractivity contribution >= 4 is 23.2 Å². The molecule has 2 amide bonds. The molecular weight excluding hydrogens is 416 g/mol. The van der Waals surface area contributed by atoms with E-state index in [4.69, 9.17) is 9.15 Å². The average molecular weight is 443 g/mol. The fourth-order valence-corrected chi connectivity index (χ4v) is 3.67. The van der Waals surface area contributed by atoms with Crippen molar-refractivity contribution in [2.75, 3.05) is 19.7 Å². The molecule has 0 atom stereocenters. The summed E-state index contributed by atoms with van der Waals surface area (Å²) >= 11 is 1.35. The molecule has 0 spiro atoms. The zero-order valence-electron chi connectivity index (χ0n) is 17.8. The molecule has 0 fully saturated rings. The minimum absolute atomic E-state index is 0.135. The van der Waals surface area contributed by atoms with Gasteiger partial charge in [-0.05, 0) is 56.4 Å². The van der Waals surface area contributed by atoms with Gasteiger partial charge in [0.2, 0.25) is 0 Å². The number of aromatic nitrogens is 1. The van der Waals surface area contributed by atoms with E-state index in [1.165, 1.54) is 11.3 Å².